The Morgan fingerprint density at radius 1 is 0.658 bits per heavy atom. The van der Waals surface area contributed by atoms with E-state index >= 15 is 0 Å². The molecule has 218 valence electrons. The van der Waals surface area contributed by atoms with Gasteiger partial charge in [-0.3, -0.25) is 33.9 Å². The zero-order chi connectivity index (χ0) is 29.3. The molecule has 0 saturated carbocycles. The SMILES string of the molecule is CC1(C)CC(O)CC(C)(C)N1OC(=O)CN(CCN(CCN(CC(=O)O)CC(=O)O)CC(=O)O)CC(=O)O. The molecule has 15 nitrogen and oxygen atoms in total. The molecule has 5 N–H and O–H groups in total. The van der Waals surface area contributed by atoms with Gasteiger partial charge in [0.1, 0.15) is 0 Å². The van der Waals surface area contributed by atoms with Crippen LogP contribution in [0.25, 0.3) is 0 Å². The van der Waals surface area contributed by atoms with Crippen molar-refractivity contribution < 1.29 is 54.3 Å². The number of carboxylic acids is 4. The maximum atomic E-state index is 12.8. The van der Waals surface area contributed by atoms with Gasteiger partial charge in [0.2, 0.25) is 0 Å². The van der Waals surface area contributed by atoms with E-state index in [2.05, 4.69) is 0 Å². The second kappa shape index (κ2) is 14.3. The first kappa shape index (κ1) is 33.2. The van der Waals surface area contributed by atoms with Gasteiger partial charge in [-0.2, -0.15) is 0 Å². The van der Waals surface area contributed by atoms with E-state index < -0.39 is 79.8 Å². The zero-order valence-electron chi connectivity index (χ0n) is 22.3. The Hall–Kier alpha value is -2.85. The first-order chi connectivity index (χ1) is 17.4. The average molecular weight is 549 g/mol. The monoisotopic (exact) mass is 548 g/mol. The number of rotatable bonds is 17. The molecule has 38 heavy (non-hydrogen) atoms. The minimum absolute atomic E-state index is 0.00327. The van der Waals surface area contributed by atoms with E-state index in [4.69, 9.17) is 15.1 Å². The van der Waals surface area contributed by atoms with Gasteiger partial charge in [-0.05, 0) is 40.5 Å². The van der Waals surface area contributed by atoms with Crippen molar-refractivity contribution in [2.45, 2.75) is 57.7 Å². The van der Waals surface area contributed by atoms with Gasteiger partial charge in [0.15, 0.2) is 0 Å². The largest absolute Gasteiger partial charge is 0.480 e. The van der Waals surface area contributed by atoms with Crippen molar-refractivity contribution in [3.05, 3.63) is 0 Å². The molecule has 0 aromatic heterocycles. The highest BCUT2D eigenvalue weighted by molar-refractivity contribution is 5.74. The molecule has 1 rings (SSSR count). The van der Waals surface area contributed by atoms with Crippen LogP contribution >= 0.6 is 0 Å². The molecular weight excluding hydrogens is 508 g/mol. The highest BCUT2D eigenvalue weighted by Gasteiger charge is 2.47. The average Bonchev–Trinajstić information content (AvgIpc) is 2.70. The fourth-order valence-electron chi connectivity index (χ4n) is 4.80. The minimum atomic E-state index is -1.24. The number of hydrogen-bond donors (Lipinski definition) is 5. The van der Waals surface area contributed by atoms with Crippen LogP contribution in [0.1, 0.15) is 40.5 Å². The molecule has 1 heterocycles. The summed E-state index contributed by atoms with van der Waals surface area (Å²) >= 11 is 0. The Balaban J connectivity index is 2.87. The molecule has 1 fully saturated rings. The van der Waals surface area contributed by atoms with E-state index in [-0.39, 0.29) is 26.2 Å². The van der Waals surface area contributed by atoms with Gasteiger partial charge in [-0.25, -0.2) is 4.79 Å². The number of carbonyl (C=O) groups excluding carboxylic acids is 1. The van der Waals surface area contributed by atoms with E-state index in [1.54, 1.807) is 0 Å². The molecule has 1 aliphatic heterocycles. The van der Waals surface area contributed by atoms with Crippen molar-refractivity contribution in [2.75, 3.05) is 58.9 Å². The summed E-state index contributed by atoms with van der Waals surface area (Å²) in [6.07, 6.45) is 0.168. The number of piperidine rings is 1. The van der Waals surface area contributed by atoms with Crippen molar-refractivity contribution in [2.24, 2.45) is 0 Å². The molecule has 15 heteroatoms. The lowest BCUT2D eigenvalue weighted by molar-refractivity contribution is -0.276. The summed E-state index contributed by atoms with van der Waals surface area (Å²) in [4.78, 5) is 67.0. The van der Waals surface area contributed by atoms with Crippen LogP contribution in [0, 0.1) is 0 Å². The van der Waals surface area contributed by atoms with E-state index in [1.807, 2.05) is 27.7 Å². The van der Waals surface area contributed by atoms with Crippen molar-refractivity contribution in [3.63, 3.8) is 0 Å². The molecule has 0 aromatic carbocycles. The molecule has 0 aliphatic carbocycles. The Morgan fingerprint density at radius 3 is 1.34 bits per heavy atom. The van der Waals surface area contributed by atoms with E-state index in [0.717, 1.165) is 4.90 Å². The van der Waals surface area contributed by atoms with E-state index in [9.17, 15) is 39.3 Å². The lowest BCUT2D eigenvalue weighted by Crippen LogP contribution is -2.62. The quantitative estimate of drug-likeness (QED) is 0.143. The molecule has 0 amide bonds. The van der Waals surface area contributed by atoms with Gasteiger partial charge in [-0.15, -0.1) is 5.06 Å². The summed E-state index contributed by atoms with van der Waals surface area (Å²) in [6.45, 7) is 4.71. The number of nitrogens with zero attached hydrogens (tertiary/aromatic N) is 4. The van der Waals surface area contributed by atoms with Crippen LogP contribution in [0.2, 0.25) is 0 Å². The minimum Gasteiger partial charge on any atom is -0.480 e. The Kier molecular flexibility index (Phi) is 12.5. The number of carboxylic acid groups (broad SMARTS) is 4. The third-order valence-electron chi connectivity index (χ3n) is 6.02. The van der Waals surface area contributed by atoms with Gasteiger partial charge >= 0.3 is 29.8 Å². The standard InChI is InChI=1S/C23H40N4O11/c1-22(2)9-16(28)10-23(3,4)27(22)38-21(37)15-26(14-20(35)36)8-6-24(11-17(29)30)5-7-25(12-18(31)32)13-19(33)34/h16,28H,5-15H2,1-4H3,(H,29,30)(H,31,32)(H,33,34)(H,35,36). The molecule has 0 unspecified atom stereocenters. The topological polar surface area (TPSA) is 209 Å². The van der Waals surface area contributed by atoms with Crippen molar-refractivity contribution >= 4 is 29.8 Å². The number of aliphatic hydroxyl groups excluding tert-OH is 1. The molecule has 0 aromatic rings. The van der Waals surface area contributed by atoms with Gasteiger partial charge in [0.25, 0.3) is 0 Å². The molecule has 1 aliphatic rings. The van der Waals surface area contributed by atoms with E-state index in [0.29, 0.717) is 12.8 Å². The first-order valence-electron chi connectivity index (χ1n) is 12.1. The Morgan fingerprint density at radius 2 is 0.974 bits per heavy atom. The Bertz CT molecular complexity index is 830. The number of aliphatic hydroxyl groups is 1. The number of hydrogen-bond acceptors (Lipinski definition) is 11. The van der Waals surface area contributed by atoms with Crippen molar-refractivity contribution in [1.29, 1.82) is 0 Å². The molecule has 0 radical (unpaired) electrons. The van der Waals surface area contributed by atoms with Crippen LogP contribution in [0.3, 0.4) is 0 Å². The fourth-order valence-corrected chi connectivity index (χ4v) is 4.80. The first-order valence-corrected chi connectivity index (χ1v) is 12.1. The van der Waals surface area contributed by atoms with Gasteiger partial charge < -0.3 is 30.4 Å². The normalized spacial score (nSPS) is 17.6. The third-order valence-corrected chi connectivity index (χ3v) is 6.02. The highest BCUT2D eigenvalue weighted by Crippen LogP contribution is 2.38. The molecule has 0 spiro atoms. The number of aliphatic carboxylic acids is 4. The summed E-state index contributed by atoms with van der Waals surface area (Å²) in [5.74, 6) is -5.59. The summed E-state index contributed by atoms with van der Waals surface area (Å²) in [6, 6.07) is 0. The van der Waals surface area contributed by atoms with E-state index in [1.165, 1.54) is 14.9 Å². The van der Waals surface area contributed by atoms with Crippen molar-refractivity contribution in [3.8, 4) is 0 Å². The number of hydroxylamine groups is 2. The lowest BCUT2D eigenvalue weighted by atomic mass is 9.80. The number of carbonyl (C=O) groups is 5. The lowest BCUT2D eigenvalue weighted by Gasteiger charge is -2.51. The van der Waals surface area contributed by atoms with Crippen LogP contribution in [-0.2, 0) is 28.8 Å². The van der Waals surface area contributed by atoms with Gasteiger partial charge in [0.05, 0.1) is 49.9 Å². The summed E-state index contributed by atoms with van der Waals surface area (Å²) < 4.78 is 0. The maximum absolute atomic E-state index is 12.8. The third kappa shape index (κ3) is 12.1. The zero-order valence-corrected chi connectivity index (χ0v) is 22.3. The summed E-state index contributed by atoms with van der Waals surface area (Å²) in [5, 5.41) is 48.2. The predicted molar refractivity (Wildman–Crippen MR) is 131 cm³/mol. The molecule has 0 bridgehead atoms. The molecular formula is C23H40N4O11. The van der Waals surface area contributed by atoms with Crippen LogP contribution in [0.5, 0.6) is 0 Å². The second-order valence-electron chi connectivity index (χ2n) is 10.7. The van der Waals surface area contributed by atoms with Crippen LogP contribution in [-0.4, -0.2) is 151 Å². The molecule has 0 atom stereocenters. The van der Waals surface area contributed by atoms with Crippen LogP contribution in [0.15, 0.2) is 0 Å². The maximum Gasteiger partial charge on any atom is 0.339 e. The van der Waals surface area contributed by atoms with Crippen LogP contribution in [0.4, 0.5) is 0 Å². The smallest absolute Gasteiger partial charge is 0.339 e. The Labute approximate surface area is 221 Å². The van der Waals surface area contributed by atoms with Gasteiger partial charge in [-0.1, -0.05) is 0 Å². The highest BCUT2D eigenvalue weighted by atomic mass is 16.7. The summed E-state index contributed by atoms with van der Waals surface area (Å²) in [5.41, 5.74) is -1.35. The predicted octanol–water partition coefficient (Wildman–Crippen LogP) is -1.30. The van der Waals surface area contributed by atoms with Crippen molar-refractivity contribution in [1.82, 2.24) is 19.8 Å². The second-order valence-corrected chi connectivity index (χ2v) is 10.7. The summed E-state index contributed by atoms with van der Waals surface area (Å²) in [7, 11) is 0. The van der Waals surface area contributed by atoms with Gasteiger partial charge in [0, 0.05) is 26.2 Å². The molecule has 1 saturated heterocycles. The van der Waals surface area contributed by atoms with Crippen LogP contribution < -0.4 is 0 Å². The fraction of sp³-hybridized carbons (Fsp3) is 0.783.